The Hall–Kier alpha value is -1.22. The van der Waals surface area contributed by atoms with Gasteiger partial charge in [0.25, 0.3) is 0 Å². The van der Waals surface area contributed by atoms with Gasteiger partial charge in [0.15, 0.2) is 0 Å². The van der Waals surface area contributed by atoms with Gasteiger partial charge in [0.2, 0.25) is 0 Å². The van der Waals surface area contributed by atoms with Crippen molar-refractivity contribution in [1.29, 1.82) is 0 Å². The van der Waals surface area contributed by atoms with E-state index in [1.165, 1.54) is 0 Å². The molecule has 0 saturated heterocycles. The summed E-state index contributed by atoms with van der Waals surface area (Å²) in [4.78, 5) is 11.6. The van der Waals surface area contributed by atoms with Crippen LogP contribution in [0.25, 0.3) is 0 Å². The molecule has 0 heterocycles. The number of carboxylic acids is 1. The molecule has 0 aliphatic heterocycles. The largest absolute Gasteiger partial charge is 0.480 e. The van der Waals surface area contributed by atoms with Crippen LogP contribution >= 0.6 is 11.6 Å². The number of anilines is 1. The Morgan fingerprint density at radius 3 is 2.50 bits per heavy atom. The molecule has 2 rings (SSSR count). The molecule has 1 fully saturated rings. The topological polar surface area (TPSA) is 49.3 Å². The minimum absolute atomic E-state index is 0.0483. The van der Waals surface area contributed by atoms with Crippen LogP contribution in [0.3, 0.4) is 0 Å². The fourth-order valence-corrected chi connectivity index (χ4v) is 2.89. The fraction of sp³-hybridized carbons (Fsp3) is 0.500. The standard InChI is InChI=1S/C14H18ClNO2/c1-13(2)7-8-14(9-13,12(17)18)16-11-6-4-3-5-10(11)15/h3-6,16H,7-9H2,1-2H3,(H,17,18). The first-order valence-electron chi connectivity index (χ1n) is 6.11. The molecule has 1 aliphatic rings. The predicted octanol–water partition coefficient (Wildman–Crippen LogP) is 3.79. The second kappa shape index (κ2) is 4.47. The number of halogens is 1. The van der Waals surface area contributed by atoms with E-state index in [1.54, 1.807) is 6.07 Å². The van der Waals surface area contributed by atoms with Crippen molar-refractivity contribution in [3.63, 3.8) is 0 Å². The van der Waals surface area contributed by atoms with Crippen LogP contribution in [-0.4, -0.2) is 16.6 Å². The van der Waals surface area contributed by atoms with Crippen molar-refractivity contribution in [2.45, 2.75) is 38.6 Å². The molecule has 0 bridgehead atoms. The molecule has 0 aromatic heterocycles. The van der Waals surface area contributed by atoms with Gasteiger partial charge < -0.3 is 10.4 Å². The molecule has 3 nitrogen and oxygen atoms in total. The predicted molar refractivity (Wildman–Crippen MR) is 73.1 cm³/mol. The van der Waals surface area contributed by atoms with Gasteiger partial charge in [-0.05, 0) is 36.8 Å². The Morgan fingerprint density at radius 2 is 2.00 bits per heavy atom. The third-order valence-corrected chi connectivity index (χ3v) is 4.00. The normalized spacial score (nSPS) is 25.9. The number of aliphatic carboxylic acids is 1. The lowest BCUT2D eigenvalue weighted by Gasteiger charge is -2.29. The molecule has 1 aromatic rings. The maximum Gasteiger partial charge on any atom is 0.329 e. The second-order valence-electron chi connectivity index (χ2n) is 5.83. The van der Waals surface area contributed by atoms with Gasteiger partial charge in [-0.2, -0.15) is 0 Å². The van der Waals surface area contributed by atoms with E-state index in [4.69, 9.17) is 11.6 Å². The summed E-state index contributed by atoms with van der Waals surface area (Å²) in [6.07, 6.45) is 2.14. The number of carboxylic acid groups (broad SMARTS) is 1. The van der Waals surface area contributed by atoms with Gasteiger partial charge in [-0.25, -0.2) is 4.79 Å². The van der Waals surface area contributed by atoms with E-state index >= 15 is 0 Å². The van der Waals surface area contributed by atoms with Gasteiger partial charge in [0, 0.05) is 0 Å². The first-order valence-corrected chi connectivity index (χ1v) is 6.49. The number of hydrogen-bond acceptors (Lipinski definition) is 2. The minimum Gasteiger partial charge on any atom is -0.480 e. The molecule has 1 aromatic carbocycles. The van der Waals surface area contributed by atoms with Gasteiger partial charge in [0.05, 0.1) is 10.7 Å². The smallest absolute Gasteiger partial charge is 0.329 e. The van der Waals surface area contributed by atoms with Gasteiger partial charge in [-0.3, -0.25) is 0 Å². The molecule has 98 valence electrons. The Morgan fingerprint density at radius 1 is 1.33 bits per heavy atom. The lowest BCUT2D eigenvalue weighted by atomic mass is 9.87. The highest BCUT2D eigenvalue weighted by Gasteiger charge is 2.49. The third-order valence-electron chi connectivity index (χ3n) is 3.67. The molecular weight excluding hydrogens is 250 g/mol. The zero-order chi connectivity index (χ0) is 13.4. The van der Waals surface area contributed by atoms with Crippen LogP contribution in [0.15, 0.2) is 24.3 Å². The van der Waals surface area contributed by atoms with Crippen molar-refractivity contribution in [1.82, 2.24) is 0 Å². The lowest BCUT2D eigenvalue weighted by molar-refractivity contribution is -0.142. The van der Waals surface area contributed by atoms with Gasteiger partial charge in [-0.1, -0.05) is 37.6 Å². The Labute approximate surface area is 112 Å². The van der Waals surface area contributed by atoms with Crippen molar-refractivity contribution < 1.29 is 9.90 Å². The number of para-hydroxylation sites is 1. The zero-order valence-electron chi connectivity index (χ0n) is 10.7. The minimum atomic E-state index is -0.894. The highest BCUT2D eigenvalue weighted by Crippen LogP contribution is 2.45. The van der Waals surface area contributed by atoms with Gasteiger partial charge >= 0.3 is 5.97 Å². The first-order chi connectivity index (χ1) is 8.35. The van der Waals surface area contributed by atoms with Gasteiger partial charge in [-0.15, -0.1) is 0 Å². The summed E-state index contributed by atoms with van der Waals surface area (Å²) < 4.78 is 0. The summed E-state index contributed by atoms with van der Waals surface area (Å²) in [5, 5.41) is 13.2. The second-order valence-corrected chi connectivity index (χ2v) is 6.24. The molecule has 0 amide bonds. The van der Waals surface area contributed by atoms with E-state index in [0.29, 0.717) is 23.6 Å². The number of hydrogen-bond donors (Lipinski definition) is 2. The average molecular weight is 268 g/mol. The maximum absolute atomic E-state index is 11.6. The quantitative estimate of drug-likeness (QED) is 0.876. The van der Waals surface area contributed by atoms with Crippen LogP contribution in [-0.2, 0) is 4.79 Å². The molecule has 1 atom stereocenters. The molecule has 2 N–H and O–H groups in total. The summed E-state index contributed by atoms with van der Waals surface area (Å²) in [6, 6.07) is 7.27. The maximum atomic E-state index is 11.6. The lowest BCUT2D eigenvalue weighted by Crippen LogP contribution is -2.44. The van der Waals surface area contributed by atoms with Crippen LogP contribution in [0.4, 0.5) is 5.69 Å². The van der Waals surface area contributed by atoms with E-state index in [1.807, 2.05) is 18.2 Å². The van der Waals surface area contributed by atoms with Crippen molar-refractivity contribution in [3.05, 3.63) is 29.3 Å². The monoisotopic (exact) mass is 267 g/mol. The summed E-state index contributed by atoms with van der Waals surface area (Å²) in [7, 11) is 0. The fourth-order valence-electron chi connectivity index (χ4n) is 2.71. The van der Waals surface area contributed by atoms with Gasteiger partial charge in [0.1, 0.15) is 5.54 Å². The SMILES string of the molecule is CC1(C)CCC(Nc2ccccc2Cl)(C(=O)O)C1. The Bertz CT molecular complexity index is 473. The molecule has 4 heteroatoms. The molecular formula is C14H18ClNO2. The number of carbonyl (C=O) groups is 1. The zero-order valence-corrected chi connectivity index (χ0v) is 11.4. The molecule has 1 saturated carbocycles. The Kier molecular flexibility index (Phi) is 3.28. The number of nitrogens with one attached hydrogen (secondary N) is 1. The average Bonchev–Trinajstić information content (AvgIpc) is 2.59. The van der Waals surface area contributed by atoms with Crippen LogP contribution < -0.4 is 5.32 Å². The van der Waals surface area contributed by atoms with Crippen molar-refractivity contribution >= 4 is 23.3 Å². The van der Waals surface area contributed by atoms with E-state index in [2.05, 4.69) is 19.2 Å². The molecule has 0 spiro atoms. The van der Waals surface area contributed by atoms with Crippen LogP contribution in [0, 0.1) is 5.41 Å². The number of rotatable bonds is 3. The highest BCUT2D eigenvalue weighted by atomic mass is 35.5. The van der Waals surface area contributed by atoms with Crippen LogP contribution in [0.1, 0.15) is 33.1 Å². The van der Waals surface area contributed by atoms with Crippen LogP contribution in [0.2, 0.25) is 5.02 Å². The molecule has 1 unspecified atom stereocenters. The van der Waals surface area contributed by atoms with E-state index in [0.717, 1.165) is 6.42 Å². The summed E-state index contributed by atoms with van der Waals surface area (Å²) in [5.74, 6) is -0.798. The molecule has 18 heavy (non-hydrogen) atoms. The summed E-state index contributed by atoms with van der Waals surface area (Å²) >= 11 is 6.08. The highest BCUT2D eigenvalue weighted by molar-refractivity contribution is 6.33. The first kappa shape index (κ1) is 13.2. The van der Waals surface area contributed by atoms with Crippen LogP contribution in [0.5, 0.6) is 0 Å². The Balaban J connectivity index is 2.29. The van der Waals surface area contributed by atoms with E-state index < -0.39 is 11.5 Å². The molecule has 1 aliphatic carbocycles. The van der Waals surface area contributed by atoms with E-state index in [9.17, 15) is 9.90 Å². The number of benzene rings is 1. The van der Waals surface area contributed by atoms with E-state index in [-0.39, 0.29) is 5.41 Å². The van der Waals surface area contributed by atoms with Crippen molar-refractivity contribution in [3.8, 4) is 0 Å². The van der Waals surface area contributed by atoms with Crippen molar-refractivity contribution in [2.24, 2.45) is 5.41 Å². The summed E-state index contributed by atoms with van der Waals surface area (Å²) in [6.45, 7) is 4.21. The summed E-state index contributed by atoms with van der Waals surface area (Å²) in [5.41, 5.74) is -0.152. The third kappa shape index (κ3) is 2.46. The molecule has 0 radical (unpaired) electrons. The van der Waals surface area contributed by atoms with Crippen molar-refractivity contribution in [2.75, 3.05) is 5.32 Å².